The average Bonchev–Trinajstić information content (AvgIpc) is 3.02. The molecule has 4 N–H and O–H groups in total. The van der Waals surface area contributed by atoms with E-state index in [2.05, 4.69) is 6.92 Å². The lowest BCUT2D eigenvalue weighted by Gasteiger charge is -2.39. The predicted octanol–water partition coefficient (Wildman–Crippen LogP) is 6.27. The number of benzene rings is 1. The first kappa shape index (κ1) is 36.8. The summed E-state index contributed by atoms with van der Waals surface area (Å²) in [5.74, 6) is -0.914. The molecular weight excluding hydrogens is 580 g/mol. The minimum atomic E-state index is -1.65. The molecule has 0 spiro atoms. The fraction of sp³-hybridized carbons (Fsp3) is 0.714. The molecule has 0 aliphatic carbocycles. The van der Waals surface area contributed by atoms with Crippen LogP contribution in [0.4, 0.5) is 0 Å². The molecule has 2 heterocycles. The lowest BCUT2D eigenvalue weighted by atomic mass is 9.99. The second kappa shape index (κ2) is 20.5. The van der Waals surface area contributed by atoms with Crippen molar-refractivity contribution in [3.63, 3.8) is 0 Å². The maximum atomic E-state index is 12.3. The van der Waals surface area contributed by atoms with Gasteiger partial charge < -0.3 is 39.1 Å². The standard InChI is InChI=1S/C35H54O10/c1-2-3-4-5-6-7-8-9-10-11-12-13-14-15-16-17-18-19-30(37)42-24-29-32(39)33(40)34(41)35(45-29)44-28-22-25-20-21-31(38)43-27(25)23-26(28)36/h20-23,29,32-36,39-41H,2-19,24H2,1H3. The van der Waals surface area contributed by atoms with Gasteiger partial charge >= 0.3 is 11.6 Å². The number of hydrogen-bond donors (Lipinski definition) is 4. The Bertz CT molecular complexity index is 1180. The molecule has 1 saturated heterocycles. The van der Waals surface area contributed by atoms with Crippen molar-refractivity contribution >= 4 is 16.9 Å². The number of aliphatic hydroxyl groups is 3. The molecule has 45 heavy (non-hydrogen) atoms. The average molecular weight is 635 g/mol. The van der Waals surface area contributed by atoms with Gasteiger partial charge in [0, 0.05) is 23.9 Å². The number of hydrogen-bond acceptors (Lipinski definition) is 10. The zero-order valence-corrected chi connectivity index (χ0v) is 26.9. The summed E-state index contributed by atoms with van der Waals surface area (Å²) in [4.78, 5) is 23.7. The van der Waals surface area contributed by atoms with Crippen LogP contribution in [0.15, 0.2) is 33.5 Å². The van der Waals surface area contributed by atoms with Crippen LogP contribution in [0, 0.1) is 0 Å². The van der Waals surface area contributed by atoms with Crippen molar-refractivity contribution < 1.29 is 43.8 Å². The van der Waals surface area contributed by atoms with Crippen LogP contribution in [0.25, 0.3) is 11.0 Å². The Morgan fingerprint density at radius 3 is 1.89 bits per heavy atom. The highest BCUT2D eigenvalue weighted by molar-refractivity contribution is 5.80. The van der Waals surface area contributed by atoms with Gasteiger partial charge in [0.15, 0.2) is 11.5 Å². The number of phenols is 1. The minimum Gasteiger partial charge on any atom is -0.504 e. The smallest absolute Gasteiger partial charge is 0.336 e. The van der Waals surface area contributed by atoms with Crippen LogP contribution in [0.5, 0.6) is 11.5 Å². The van der Waals surface area contributed by atoms with E-state index in [1.807, 2.05) is 0 Å². The topological polar surface area (TPSA) is 156 Å². The Kier molecular flexibility index (Phi) is 16.7. The first-order valence-electron chi connectivity index (χ1n) is 17.1. The highest BCUT2D eigenvalue weighted by Gasteiger charge is 2.45. The van der Waals surface area contributed by atoms with Crippen molar-refractivity contribution in [2.75, 3.05) is 6.61 Å². The normalized spacial score (nSPS) is 21.6. The third-order valence-corrected chi connectivity index (χ3v) is 8.51. The molecule has 0 bridgehead atoms. The molecule has 1 aromatic heterocycles. The van der Waals surface area contributed by atoms with E-state index in [1.165, 1.54) is 108 Å². The largest absolute Gasteiger partial charge is 0.504 e. The predicted molar refractivity (Wildman–Crippen MR) is 171 cm³/mol. The minimum absolute atomic E-state index is 0.0986. The number of aromatic hydroxyl groups is 1. The quantitative estimate of drug-likeness (QED) is 0.0661. The molecule has 10 nitrogen and oxygen atoms in total. The van der Waals surface area contributed by atoms with Crippen LogP contribution < -0.4 is 10.4 Å². The van der Waals surface area contributed by atoms with Gasteiger partial charge in [0.1, 0.15) is 36.6 Å². The van der Waals surface area contributed by atoms with Crippen molar-refractivity contribution in [2.45, 2.75) is 153 Å². The zero-order valence-electron chi connectivity index (χ0n) is 26.9. The Labute approximate surface area is 266 Å². The number of aliphatic hydroxyl groups excluding tert-OH is 3. The zero-order chi connectivity index (χ0) is 32.4. The number of rotatable bonds is 22. The summed E-state index contributed by atoms with van der Waals surface area (Å²) < 4.78 is 21.5. The monoisotopic (exact) mass is 634 g/mol. The molecule has 1 fully saturated rings. The van der Waals surface area contributed by atoms with E-state index >= 15 is 0 Å². The van der Waals surface area contributed by atoms with Crippen LogP contribution in [0.2, 0.25) is 0 Å². The Morgan fingerprint density at radius 2 is 1.31 bits per heavy atom. The highest BCUT2D eigenvalue weighted by Crippen LogP contribution is 2.34. The van der Waals surface area contributed by atoms with Gasteiger partial charge in [-0.3, -0.25) is 4.79 Å². The van der Waals surface area contributed by atoms with E-state index in [0.717, 1.165) is 19.3 Å². The van der Waals surface area contributed by atoms with Crippen LogP contribution in [-0.4, -0.2) is 63.7 Å². The van der Waals surface area contributed by atoms with E-state index in [-0.39, 0.29) is 30.1 Å². The summed E-state index contributed by atoms with van der Waals surface area (Å²) in [6.45, 7) is 1.92. The van der Waals surface area contributed by atoms with Crippen molar-refractivity contribution in [1.29, 1.82) is 0 Å². The van der Waals surface area contributed by atoms with Crippen LogP contribution >= 0.6 is 0 Å². The van der Waals surface area contributed by atoms with Crippen LogP contribution in [-0.2, 0) is 14.3 Å². The van der Waals surface area contributed by atoms with Gasteiger partial charge in [-0.25, -0.2) is 4.79 Å². The molecule has 1 aromatic carbocycles. The summed E-state index contributed by atoms with van der Waals surface area (Å²) >= 11 is 0. The number of esters is 1. The third kappa shape index (κ3) is 12.9. The fourth-order valence-corrected chi connectivity index (χ4v) is 5.70. The Morgan fingerprint density at radius 1 is 0.756 bits per heavy atom. The molecule has 10 heteroatoms. The second-order valence-corrected chi connectivity index (χ2v) is 12.3. The number of phenolic OH excluding ortho intramolecular Hbond substituents is 1. The molecule has 2 aromatic rings. The summed E-state index contributed by atoms with van der Waals surface area (Å²) in [5.41, 5.74) is -0.446. The molecule has 254 valence electrons. The molecule has 0 amide bonds. The highest BCUT2D eigenvalue weighted by atomic mass is 16.7. The summed E-state index contributed by atoms with van der Waals surface area (Å²) in [5, 5.41) is 41.9. The van der Waals surface area contributed by atoms with Crippen LogP contribution in [0.1, 0.15) is 122 Å². The first-order chi connectivity index (χ1) is 21.8. The van der Waals surface area contributed by atoms with Gasteiger partial charge in [0.2, 0.25) is 6.29 Å². The van der Waals surface area contributed by atoms with E-state index in [0.29, 0.717) is 11.8 Å². The van der Waals surface area contributed by atoms with E-state index < -0.39 is 42.3 Å². The van der Waals surface area contributed by atoms with Crippen LogP contribution in [0.3, 0.4) is 0 Å². The Hall–Kier alpha value is -2.66. The number of fused-ring (bicyclic) bond motifs is 1. The van der Waals surface area contributed by atoms with E-state index in [4.69, 9.17) is 18.6 Å². The van der Waals surface area contributed by atoms with Gasteiger partial charge in [-0.1, -0.05) is 110 Å². The summed E-state index contributed by atoms with van der Waals surface area (Å²) in [6.07, 6.45) is 14.2. The lowest BCUT2D eigenvalue weighted by molar-refractivity contribution is -0.278. The van der Waals surface area contributed by atoms with Crippen molar-refractivity contribution in [2.24, 2.45) is 0 Å². The molecule has 0 radical (unpaired) electrons. The second-order valence-electron chi connectivity index (χ2n) is 12.3. The molecular formula is C35H54O10. The van der Waals surface area contributed by atoms with Crippen molar-refractivity contribution in [3.8, 4) is 11.5 Å². The number of carbonyl (C=O) groups is 1. The maximum absolute atomic E-state index is 12.3. The summed E-state index contributed by atoms with van der Waals surface area (Å²) in [6, 6.07) is 5.26. The molecule has 5 unspecified atom stereocenters. The number of ether oxygens (including phenoxy) is 3. The number of carbonyl (C=O) groups excluding carboxylic acids is 1. The van der Waals surface area contributed by atoms with Crippen molar-refractivity contribution in [3.05, 3.63) is 34.7 Å². The third-order valence-electron chi connectivity index (χ3n) is 8.51. The van der Waals surface area contributed by atoms with E-state index in [9.17, 15) is 30.0 Å². The fourth-order valence-electron chi connectivity index (χ4n) is 5.70. The van der Waals surface area contributed by atoms with Gasteiger partial charge in [-0.05, 0) is 18.6 Å². The Balaban J connectivity index is 1.25. The van der Waals surface area contributed by atoms with Gasteiger partial charge in [-0.2, -0.15) is 0 Å². The van der Waals surface area contributed by atoms with Gasteiger partial charge in [0.25, 0.3) is 0 Å². The summed E-state index contributed by atoms with van der Waals surface area (Å²) in [7, 11) is 0. The maximum Gasteiger partial charge on any atom is 0.336 e. The van der Waals surface area contributed by atoms with E-state index in [1.54, 1.807) is 0 Å². The lowest BCUT2D eigenvalue weighted by Crippen LogP contribution is -2.60. The van der Waals surface area contributed by atoms with Gasteiger partial charge in [0.05, 0.1) is 0 Å². The SMILES string of the molecule is CCCCCCCCCCCCCCCCCCCC(=O)OCC1OC(Oc2cc3ccc(=O)oc3cc2O)C(O)C(O)C1O. The molecule has 0 saturated carbocycles. The molecule has 5 atom stereocenters. The first-order valence-corrected chi connectivity index (χ1v) is 17.1. The molecule has 3 rings (SSSR count). The number of unbranched alkanes of at least 4 members (excludes halogenated alkanes) is 16. The van der Waals surface area contributed by atoms with Gasteiger partial charge in [-0.15, -0.1) is 0 Å². The molecule has 1 aliphatic heterocycles. The van der Waals surface area contributed by atoms with Crippen molar-refractivity contribution in [1.82, 2.24) is 0 Å². The molecule has 1 aliphatic rings.